The molecule has 0 bridgehead atoms. The third kappa shape index (κ3) is 3.33. The number of rotatable bonds is 6. The normalized spacial score (nSPS) is 16.6. The van der Waals surface area contributed by atoms with Gasteiger partial charge in [0.1, 0.15) is 5.75 Å². The molecule has 1 amide bonds. The Hall–Kier alpha value is -3.25. The Labute approximate surface area is 178 Å². The SMILES string of the molecule is COc1ccc2[nH]cc(CCN3C(=O)C(O)=C(C(C)=O)[C@@H]3c3ccccc3Cl)c2c1. The summed E-state index contributed by atoms with van der Waals surface area (Å²) in [5.41, 5.74) is 2.66. The Morgan fingerprint density at radius 2 is 2.03 bits per heavy atom. The van der Waals surface area contributed by atoms with Crippen molar-refractivity contribution in [2.45, 2.75) is 19.4 Å². The molecule has 2 N–H and O–H groups in total. The van der Waals surface area contributed by atoms with Crippen molar-refractivity contribution in [2.24, 2.45) is 0 Å². The zero-order chi connectivity index (χ0) is 21.4. The van der Waals surface area contributed by atoms with Crippen LogP contribution in [0.25, 0.3) is 10.9 Å². The minimum absolute atomic E-state index is 0.0775. The average molecular weight is 425 g/mol. The van der Waals surface area contributed by atoms with Gasteiger partial charge in [0.25, 0.3) is 5.91 Å². The molecular formula is C23H21ClN2O4. The molecule has 0 spiro atoms. The van der Waals surface area contributed by atoms with Gasteiger partial charge in [-0.15, -0.1) is 0 Å². The number of ketones is 1. The summed E-state index contributed by atoms with van der Waals surface area (Å²) >= 11 is 6.37. The largest absolute Gasteiger partial charge is 0.503 e. The number of aromatic nitrogens is 1. The van der Waals surface area contributed by atoms with Gasteiger partial charge < -0.3 is 19.7 Å². The van der Waals surface area contributed by atoms with Gasteiger partial charge in [-0.1, -0.05) is 29.8 Å². The van der Waals surface area contributed by atoms with Gasteiger partial charge in [0.05, 0.1) is 18.7 Å². The monoisotopic (exact) mass is 424 g/mol. The third-order valence-electron chi connectivity index (χ3n) is 5.48. The van der Waals surface area contributed by atoms with Crippen LogP contribution in [0.2, 0.25) is 5.02 Å². The molecule has 4 rings (SSSR count). The number of hydrogen-bond donors (Lipinski definition) is 2. The molecular weight excluding hydrogens is 404 g/mol. The van der Waals surface area contributed by atoms with E-state index >= 15 is 0 Å². The van der Waals surface area contributed by atoms with Crippen molar-refractivity contribution in [1.82, 2.24) is 9.88 Å². The highest BCUT2D eigenvalue weighted by Gasteiger charge is 2.42. The molecule has 3 aromatic rings. The number of amides is 1. The highest BCUT2D eigenvalue weighted by Crippen LogP contribution is 2.40. The van der Waals surface area contributed by atoms with Crippen LogP contribution in [-0.4, -0.2) is 40.3 Å². The second-order valence-electron chi connectivity index (χ2n) is 7.22. The van der Waals surface area contributed by atoms with Crippen LogP contribution in [0.3, 0.4) is 0 Å². The van der Waals surface area contributed by atoms with E-state index in [2.05, 4.69) is 4.98 Å². The molecule has 7 heteroatoms. The van der Waals surface area contributed by atoms with Crippen molar-refractivity contribution in [1.29, 1.82) is 0 Å². The Balaban J connectivity index is 1.68. The molecule has 0 fully saturated rings. The number of nitrogens with one attached hydrogen (secondary N) is 1. The first-order valence-electron chi connectivity index (χ1n) is 9.55. The fourth-order valence-electron chi connectivity index (χ4n) is 4.00. The molecule has 154 valence electrons. The van der Waals surface area contributed by atoms with E-state index in [-0.39, 0.29) is 11.4 Å². The van der Waals surface area contributed by atoms with Crippen LogP contribution in [0.1, 0.15) is 24.1 Å². The first kappa shape index (κ1) is 20.0. The second-order valence-corrected chi connectivity index (χ2v) is 7.62. The van der Waals surface area contributed by atoms with Crippen LogP contribution in [-0.2, 0) is 16.0 Å². The molecule has 0 radical (unpaired) electrons. The third-order valence-corrected chi connectivity index (χ3v) is 5.82. The number of carbonyl (C=O) groups is 2. The fourth-order valence-corrected chi connectivity index (χ4v) is 4.24. The Morgan fingerprint density at radius 1 is 1.27 bits per heavy atom. The average Bonchev–Trinajstić information content (AvgIpc) is 3.25. The van der Waals surface area contributed by atoms with E-state index in [9.17, 15) is 14.7 Å². The Morgan fingerprint density at radius 3 is 2.73 bits per heavy atom. The zero-order valence-corrected chi connectivity index (χ0v) is 17.4. The Bertz CT molecular complexity index is 1180. The first-order valence-corrected chi connectivity index (χ1v) is 9.93. The summed E-state index contributed by atoms with van der Waals surface area (Å²) in [6.07, 6.45) is 2.42. The predicted molar refractivity (Wildman–Crippen MR) is 115 cm³/mol. The molecule has 0 saturated heterocycles. The number of Topliss-reactive ketones (excluding diaryl/α,β-unsaturated/α-hetero) is 1. The minimum atomic E-state index is -0.719. The van der Waals surface area contributed by atoms with Crippen LogP contribution < -0.4 is 4.74 Å². The van der Waals surface area contributed by atoms with E-state index in [1.807, 2.05) is 24.4 Å². The highest BCUT2D eigenvalue weighted by molar-refractivity contribution is 6.31. The standard InChI is InChI=1S/C23H21ClN2O4/c1-13(27)20-21(16-5-3-4-6-18(16)24)26(23(29)22(20)28)10-9-14-12-25-19-8-7-15(30-2)11-17(14)19/h3-8,11-12,21,25,28H,9-10H2,1-2H3/t21-/m0/s1. The summed E-state index contributed by atoms with van der Waals surface area (Å²) in [5, 5.41) is 11.9. The van der Waals surface area contributed by atoms with E-state index in [0.29, 0.717) is 23.6 Å². The molecule has 0 aliphatic carbocycles. The lowest BCUT2D eigenvalue weighted by Gasteiger charge is -2.27. The quantitative estimate of drug-likeness (QED) is 0.616. The van der Waals surface area contributed by atoms with Crippen LogP contribution in [0, 0.1) is 0 Å². The van der Waals surface area contributed by atoms with Crippen molar-refractivity contribution < 1.29 is 19.4 Å². The summed E-state index contributed by atoms with van der Waals surface area (Å²) in [4.78, 5) is 29.8. The molecule has 0 saturated carbocycles. The van der Waals surface area contributed by atoms with Crippen molar-refractivity contribution >= 4 is 34.2 Å². The zero-order valence-electron chi connectivity index (χ0n) is 16.6. The maximum atomic E-state index is 12.8. The van der Waals surface area contributed by atoms with Crippen molar-refractivity contribution in [3.63, 3.8) is 0 Å². The highest BCUT2D eigenvalue weighted by atomic mass is 35.5. The van der Waals surface area contributed by atoms with Crippen molar-refractivity contribution in [3.05, 3.63) is 76.1 Å². The number of aromatic amines is 1. The predicted octanol–water partition coefficient (Wildman–Crippen LogP) is 4.36. The number of benzene rings is 2. The molecule has 30 heavy (non-hydrogen) atoms. The minimum Gasteiger partial charge on any atom is -0.503 e. The van der Waals surface area contributed by atoms with Crippen LogP contribution in [0.15, 0.2) is 60.0 Å². The summed E-state index contributed by atoms with van der Waals surface area (Å²) in [5.74, 6) is -0.687. The second kappa shape index (κ2) is 7.88. The van der Waals surface area contributed by atoms with Gasteiger partial charge in [-0.2, -0.15) is 0 Å². The van der Waals surface area contributed by atoms with Gasteiger partial charge in [0, 0.05) is 28.7 Å². The topological polar surface area (TPSA) is 82.6 Å². The summed E-state index contributed by atoms with van der Waals surface area (Å²) in [7, 11) is 1.61. The lowest BCUT2D eigenvalue weighted by Crippen LogP contribution is -2.33. The number of halogens is 1. The summed E-state index contributed by atoms with van der Waals surface area (Å²) in [6, 6.07) is 12.1. The van der Waals surface area contributed by atoms with Crippen LogP contribution >= 0.6 is 11.6 Å². The van der Waals surface area contributed by atoms with E-state index in [4.69, 9.17) is 16.3 Å². The molecule has 1 aliphatic heterocycles. The number of nitrogens with zero attached hydrogens (tertiary/aromatic N) is 1. The maximum Gasteiger partial charge on any atom is 0.290 e. The van der Waals surface area contributed by atoms with Gasteiger partial charge in [-0.05, 0) is 48.7 Å². The number of aliphatic hydroxyl groups excluding tert-OH is 1. The van der Waals surface area contributed by atoms with Crippen molar-refractivity contribution in [2.75, 3.05) is 13.7 Å². The van der Waals surface area contributed by atoms with Gasteiger partial charge >= 0.3 is 0 Å². The number of fused-ring (bicyclic) bond motifs is 1. The molecule has 6 nitrogen and oxygen atoms in total. The lowest BCUT2D eigenvalue weighted by atomic mass is 9.96. The molecule has 1 atom stereocenters. The van der Waals surface area contributed by atoms with Gasteiger partial charge in [-0.3, -0.25) is 9.59 Å². The maximum absolute atomic E-state index is 12.8. The molecule has 2 aromatic carbocycles. The number of aliphatic hydroxyl groups is 1. The van der Waals surface area contributed by atoms with E-state index < -0.39 is 17.7 Å². The molecule has 1 aromatic heterocycles. The van der Waals surface area contributed by atoms with Crippen LogP contribution in [0.5, 0.6) is 5.75 Å². The van der Waals surface area contributed by atoms with E-state index in [1.165, 1.54) is 11.8 Å². The number of hydrogen-bond acceptors (Lipinski definition) is 4. The molecule has 0 unspecified atom stereocenters. The van der Waals surface area contributed by atoms with Gasteiger partial charge in [0.15, 0.2) is 11.5 Å². The smallest absolute Gasteiger partial charge is 0.290 e. The number of methoxy groups -OCH3 is 1. The first-order chi connectivity index (χ1) is 14.4. The summed E-state index contributed by atoms with van der Waals surface area (Å²) < 4.78 is 5.31. The van der Waals surface area contributed by atoms with Gasteiger partial charge in [0.2, 0.25) is 0 Å². The summed E-state index contributed by atoms with van der Waals surface area (Å²) in [6.45, 7) is 1.65. The fraction of sp³-hybridized carbons (Fsp3) is 0.217. The molecule has 2 heterocycles. The van der Waals surface area contributed by atoms with Crippen LogP contribution in [0.4, 0.5) is 0 Å². The molecule has 1 aliphatic rings. The lowest BCUT2D eigenvalue weighted by molar-refractivity contribution is -0.129. The Kier molecular flexibility index (Phi) is 5.26. The van der Waals surface area contributed by atoms with Crippen molar-refractivity contribution in [3.8, 4) is 5.75 Å². The number of H-pyrrole nitrogens is 1. The number of ether oxygens (including phenoxy) is 1. The van der Waals surface area contributed by atoms with E-state index in [1.54, 1.807) is 31.4 Å². The number of carbonyl (C=O) groups excluding carboxylic acids is 2. The van der Waals surface area contributed by atoms with E-state index in [0.717, 1.165) is 22.2 Å². The van der Waals surface area contributed by atoms with Gasteiger partial charge in [-0.25, -0.2) is 0 Å².